The van der Waals surface area contributed by atoms with Crippen LogP contribution in [0, 0.1) is 5.92 Å². The zero-order valence-electron chi connectivity index (χ0n) is 18.9. The Morgan fingerprint density at radius 1 is 1.19 bits per heavy atom. The number of carbonyl (C=O) groups is 1. The molecule has 0 aliphatic carbocycles. The van der Waals surface area contributed by atoms with Crippen molar-refractivity contribution >= 4 is 17.5 Å². The number of benzene rings is 1. The van der Waals surface area contributed by atoms with Crippen LogP contribution in [0.1, 0.15) is 44.0 Å². The van der Waals surface area contributed by atoms with Gasteiger partial charge in [0.05, 0.1) is 7.11 Å². The molecule has 0 atom stereocenters. The molecule has 1 aromatic carbocycles. The first-order valence-electron chi connectivity index (χ1n) is 11.1. The van der Waals surface area contributed by atoms with Crippen LogP contribution in [-0.2, 0) is 11.3 Å². The Hall–Kier alpha value is -3.42. The molecule has 0 unspecified atom stereocenters. The Balaban J connectivity index is 1.34. The highest BCUT2D eigenvalue weighted by molar-refractivity contribution is 5.92. The van der Waals surface area contributed by atoms with Crippen molar-refractivity contribution in [3.05, 3.63) is 60.3 Å². The largest absolute Gasteiger partial charge is 0.481 e. The maximum atomic E-state index is 12.9. The Labute approximate surface area is 188 Å². The number of aromatic nitrogens is 4. The van der Waals surface area contributed by atoms with Crippen molar-refractivity contribution < 1.29 is 9.53 Å². The molecule has 1 amide bonds. The third kappa shape index (κ3) is 5.07. The van der Waals surface area contributed by atoms with Crippen LogP contribution in [0.5, 0.6) is 5.88 Å². The number of imidazole rings is 1. The number of ether oxygens (including phenoxy) is 1. The molecule has 0 spiro atoms. The zero-order valence-corrected chi connectivity index (χ0v) is 18.9. The first kappa shape index (κ1) is 21.8. The van der Waals surface area contributed by atoms with Gasteiger partial charge >= 0.3 is 0 Å². The number of hydrogen-bond acceptors (Lipinski definition) is 6. The lowest BCUT2D eigenvalue weighted by molar-refractivity contribution is -0.120. The van der Waals surface area contributed by atoms with E-state index in [1.54, 1.807) is 19.4 Å². The van der Waals surface area contributed by atoms with E-state index in [4.69, 9.17) is 4.74 Å². The molecule has 32 heavy (non-hydrogen) atoms. The van der Waals surface area contributed by atoms with Crippen molar-refractivity contribution in [1.82, 2.24) is 19.5 Å². The Morgan fingerprint density at radius 3 is 2.75 bits per heavy atom. The van der Waals surface area contributed by atoms with Gasteiger partial charge in [-0.3, -0.25) is 4.79 Å². The molecule has 1 aliphatic rings. The number of anilines is 2. The third-order valence-electron chi connectivity index (χ3n) is 5.79. The van der Waals surface area contributed by atoms with Crippen molar-refractivity contribution in [2.75, 3.05) is 30.4 Å². The van der Waals surface area contributed by atoms with E-state index in [2.05, 4.69) is 49.6 Å². The number of nitrogens with zero attached hydrogens (tertiary/aromatic N) is 5. The van der Waals surface area contributed by atoms with E-state index in [0.717, 1.165) is 49.6 Å². The number of nitrogens with one attached hydrogen (secondary N) is 1. The lowest BCUT2D eigenvalue weighted by Gasteiger charge is -2.31. The lowest BCUT2D eigenvalue weighted by atomic mass is 9.96. The summed E-state index contributed by atoms with van der Waals surface area (Å²) in [5.74, 6) is 2.66. The topological polar surface area (TPSA) is 85.2 Å². The second-order valence-corrected chi connectivity index (χ2v) is 8.42. The Kier molecular flexibility index (Phi) is 6.68. The van der Waals surface area contributed by atoms with Gasteiger partial charge in [-0.05, 0) is 30.5 Å². The maximum absolute atomic E-state index is 12.9. The lowest BCUT2D eigenvalue weighted by Crippen LogP contribution is -2.39. The molecular weight excluding hydrogens is 404 g/mol. The highest BCUT2D eigenvalue weighted by Gasteiger charge is 2.26. The minimum Gasteiger partial charge on any atom is -0.481 e. The van der Waals surface area contributed by atoms with Crippen molar-refractivity contribution in [2.24, 2.45) is 5.92 Å². The average Bonchev–Trinajstić information content (AvgIpc) is 3.28. The van der Waals surface area contributed by atoms with Crippen LogP contribution < -0.4 is 15.0 Å². The first-order chi connectivity index (χ1) is 15.5. The van der Waals surface area contributed by atoms with Gasteiger partial charge in [0.15, 0.2) is 0 Å². The summed E-state index contributed by atoms with van der Waals surface area (Å²) in [6, 6.07) is 9.78. The minimum absolute atomic E-state index is 0.0262. The van der Waals surface area contributed by atoms with Crippen LogP contribution in [0.15, 0.2) is 48.9 Å². The van der Waals surface area contributed by atoms with Gasteiger partial charge in [0.25, 0.3) is 0 Å². The van der Waals surface area contributed by atoms with E-state index in [1.165, 1.54) is 0 Å². The molecule has 1 saturated heterocycles. The Morgan fingerprint density at radius 2 is 2.00 bits per heavy atom. The van der Waals surface area contributed by atoms with Gasteiger partial charge in [0.2, 0.25) is 17.7 Å². The van der Waals surface area contributed by atoms with Gasteiger partial charge in [0, 0.05) is 61.8 Å². The van der Waals surface area contributed by atoms with Gasteiger partial charge < -0.3 is 19.5 Å². The summed E-state index contributed by atoms with van der Waals surface area (Å²) < 4.78 is 7.34. The van der Waals surface area contributed by atoms with Crippen molar-refractivity contribution in [2.45, 2.75) is 39.2 Å². The van der Waals surface area contributed by atoms with Gasteiger partial charge in [-0.2, -0.15) is 4.98 Å². The minimum atomic E-state index is -0.0262. The fourth-order valence-electron chi connectivity index (χ4n) is 4.08. The quantitative estimate of drug-likeness (QED) is 0.610. The van der Waals surface area contributed by atoms with Crippen LogP contribution in [0.2, 0.25) is 0 Å². The molecule has 1 N–H and O–H groups in total. The SMILES string of the molecule is COc1ccnc(N2CCC(C(=O)Nc3cccc(Cn4ccnc4C(C)C)c3)CC2)n1. The molecule has 0 radical (unpaired) electrons. The third-order valence-corrected chi connectivity index (χ3v) is 5.79. The summed E-state index contributed by atoms with van der Waals surface area (Å²) in [4.78, 5) is 28.2. The summed E-state index contributed by atoms with van der Waals surface area (Å²) in [7, 11) is 1.59. The van der Waals surface area contributed by atoms with Crippen LogP contribution in [0.3, 0.4) is 0 Å². The number of hydrogen-bond donors (Lipinski definition) is 1. The molecule has 2 aromatic heterocycles. The van der Waals surface area contributed by atoms with E-state index in [0.29, 0.717) is 17.7 Å². The molecule has 0 bridgehead atoms. The average molecular weight is 435 g/mol. The van der Waals surface area contributed by atoms with E-state index in [-0.39, 0.29) is 11.8 Å². The molecule has 0 saturated carbocycles. The van der Waals surface area contributed by atoms with Crippen LogP contribution >= 0.6 is 0 Å². The maximum Gasteiger partial charge on any atom is 0.228 e. The molecular formula is C24H30N6O2. The molecule has 1 fully saturated rings. The summed E-state index contributed by atoms with van der Waals surface area (Å²) in [5.41, 5.74) is 1.96. The van der Waals surface area contributed by atoms with E-state index >= 15 is 0 Å². The van der Waals surface area contributed by atoms with Crippen molar-refractivity contribution in [3.8, 4) is 5.88 Å². The normalized spacial score (nSPS) is 14.6. The summed E-state index contributed by atoms with van der Waals surface area (Å²) >= 11 is 0. The summed E-state index contributed by atoms with van der Waals surface area (Å²) in [6.45, 7) is 6.49. The van der Waals surface area contributed by atoms with Gasteiger partial charge in [-0.25, -0.2) is 9.97 Å². The molecule has 1 aliphatic heterocycles. The highest BCUT2D eigenvalue weighted by atomic mass is 16.5. The van der Waals surface area contributed by atoms with E-state index < -0.39 is 0 Å². The number of carbonyl (C=O) groups excluding carboxylic acids is 1. The summed E-state index contributed by atoms with van der Waals surface area (Å²) in [5, 5.41) is 3.11. The van der Waals surface area contributed by atoms with Crippen molar-refractivity contribution in [1.29, 1.82) is 0 Å². The fourth-order valence-corrected chi connectivity index (χ4v) is 4.08. The van der Waals surface area contributed by atoms with Crippen LogP contribution in [0.25, 0.3) is 0 Å². The molecule has 168 valence electrons. The van der Waals surface area contributed by atoms with Crippen molar-refractivity contribution in [3.63, 3.8) is 0 Å². The number of rotatable bonds is 7. The number of methoxy groups -OCH3 is 1. The van der Waals surface area contributed by atoms with Crippen LogP contribution in [0.4, 0.5) is 11.6 Å². The van der Waals surface area contributed by atoms with E-state index in [9.17, 15) is 4.79 Å². The van der Waals surface area contributed by atoms with Gasteiger partial charge in [0.1, 0.15) is 5.82 Å². The second-order valence-electron chi connectivity index (χ2n) is 8.42. The van der Waals surface area contributed by atoms with Gasteiger partial charge in [-0.1, -0.05) is 26.0 Å². The fraction of sp³-hybridized carbons (Fsp3) is 0.417. The highest BCUT2D eigenvalue weighted by Crippen LogP contribution is 2.24. The van der Waals surface area contributed by atoms with Gasteiger partial charge in [-0.15, -0.1) is 0 Å². The predicted molar refractivity (Wildman–Crippen MR) is 124 cm³/mol. The standard InChI is InChI=1S/C24H30N6O2/c1-17(2)22-25-11-14-30(22)16-18-5-4-6-20(15-18)27-23(31)19-8-12-29(13-9-19)24-26-10-7-21(28-24)32-3/h4-7,10-11,14-15,17,19H,8-9,12-13,16H2,1-3H3,(H,27,31). The van der Waals surface area contributed by atoms with Crippen LogP contribution in [-0.4, -0.2) is 45.6 Å². The molecule has 4 rings (SSSR count). The predicted octanol–water partition coefficient (Wildman–Crippen LogP) is 3.71. The zero-order chi connectivity index (χ0) is 22.5. The molecule has 3 aromatic rings. The monoisotopic (exact) mass is 434 g/mol. The summed E-state index contributed by atoms with van der Waals surface area (Å²) in [6.07, 6.45) is 7.06. The molecule has 3 heterocycles. The number of amides is 1. The van der Waals surface area contributed by atoms with E-state index in [1.807, 2.05) is 30.6 Å². The molecule has 8 heteroatoms. The Bertz CT molecular complexity index is 1060. The molecule has 8 nitrogen and oxygen atoms in total. The number of piperidine rings is 1. The first-order valence-corrected chi connectivity index (χ1v) is 11.1. The second kappa shape index (κ2) is 9.80. The smallest absolute Gasteiger partial charge is 0.228 e.